The third-order valence-corrected chi connectivity index (χ3v) is 2.55. The number of carbonyl (C=O) groups is 1. The van der Waals surface area contributed by atoms with Gasteiger partial charge in [0.15, 0.2) is 11.6 Å². The maximum Gasteiger partial charge on any atom is 0.192 e. The second-order valence-electron chi connectivity index (χ2n) is 4.45. The summed E-state index contributed by atoms with van der Waals surface area (Å²) in [6, 6.07) is 5.71. The molecule has 6 nitrogen and oxygen atoms in total. The number of halogens is 1. The maximum absolute atomic E-state index is 13.0. The van der Waals surface area contributed by atoms with Crippen LogP contribution >= 0.6 is 0 Å². The third-order valence-electron chi connectivity index (χ3n) is 2.55. The Morgan fingerprint density at radius 1 is 1.30 bits per heavy atom. The van der Waals surface area contributed by atoms with Gasteiger partial charge in [0.2, 0.25) is 0 Å². The highest BCUT2D eigenvalue weighted by Gasteiger charge is 2.17. The van der Waals surface area contributed by atoms with Crippen LogP contribution in [0, 0.1) is 5.82 Å². The number of tetrazole rings is 1. The number of rotatable bonds is 4. The Morgan fingerprint density at radius 3 is 2.50 bits per heavy atom. The summed E-state index contributed by atoms with van der Waals surface area (Å²) in [6.07, 6.45) is 1.65. The number of aromatic nitrogens is 4. The summed E-state index contributed by atoms with van der Waals surface area (Å²) < 4.78 is 14.4. The first-order valence-corrected chi connectivity index (χ1v) is 5.93. The molecule has 0 saturated heterocycles. The SMILES string of the molecule is CC(=O)/C(=C\N(C)C)c1nnnn1-c1ccc(F)cc1. The minimum absolute atomic E-state index is 0.156. The Kier molecular flexibility index (Phi) is 3.88. The van der Waals surface area contributed by atoms with Crippen molar-refractivity contribution in [3.05, 3.63) is 42.1 Å². The van der Waals surface area contributed by atoms with Crippen LogP contribution in [0.3, 0.4) is 0 Å². The lowest BCUT2D eigenvalue weighted by Crippen LogP contribution is -2.11. The number of nitrogens with zero attached hydrogens (tertiary/aromatic N) is 5. The van der Waals surface area contributed by atoms with Crippen molar-refractivity contribution in [3.8, 4) is 5.69 Å². The highest BCUT2D eigenvalue weighted by atomic mass is 19.1. The molecular weight excluding hydrogens is 261 g/mol. The fourth-order valence-electron chi connectivity index (χ4n) is 1.68. The molecule has 2 aromatic rings. The Hall–Kier alpha value is -2.57. The van der Waals surface area contributed by atoms with Crippen LogP contribution in [0.1, 0.15) is 12.7 Å². The molecule has 2 rings (SSSR count). The van der Waals surface area contributed by atoms with Crippen LogP contribution in [-0.2, 0) is 4.79 Å². The zero-order valence-electron chi connectivity index (χ0n) is 11.4. The van der Waals surface area contributed by atoms with Gasteiger partial charge in [0.05, 0.1) is 11.3 Å². The van der Waals surface area contributed by atoms with Gasteiger partial charge >= 0.3 is 0 Å². The van der Waals surface area contributed by atoms with Crippen molar-refractivity contribution in [1.82, 2.24) is 25.1 Å². The number of benzene rings is 1. The summed E-state index contributed by atoms with van der Waals surface area (Å²) in [6.45, 7) is 1.44. The zero-order valence-corrected chi connectivity index (χ0v) is 11.4. The lowest BCUT2D eigenvalue weighted by atomic mass is 10.2. The van der Waals surface area contributed by atoms with E-state index in [9.17, 15) is 9.18 Å². The van der Waals surface area contributed by atoms with Crippen LogP contribution in [0.5, 0.6) is 0 Å². The molecule has 0 unspecified atom stereocenters. The molecule has 0 aliphatic carbocycles. The van der Waals surface area contributed by atoms with Crippen LogP contribution in [0.4, 0.5) is 4.39 Å². The summed E-state index contributed by atoms with van der Waals surface area (Å²) in [5.41, 5.74) is 0.960. The lowest BCUT2D eigenvalue weighted by Gasteiger charge is -2.09. The fraction of sp³-hybridized carbons (Fsp3) is 0.231. The molecule has 104 valence electrons. The molecule has 1 aromatic heterocycles. The van der Waals surface area contributed by atoms with Crippen molar-refractivity contribution < 1.29 is 9.18 Å². The van der Waals surface area contributed by atoms with Crippen molar-refractivity contribution >= 4 is 11.4 Å². The topological polar surface area (TPSA) is 63.9 Å². The summed E-state index contributed by atoms with van der Waals surface area (Å²) in [4.78, 5) is 13.5. The van der Waals surface area contributed by atoms with Crippen molar-refractivity contribution in [2.75, 3.05) is 14.1 Å². The van der Waals surface area contributed by atoms with Gasteiger partial charge in [0, 0.05) is 20.3 Å². The minimum atomic E-state index is -0.348. The van der Waals surface area contributed by atoms with Gasteiger partial charge in [-0.15, -0.1) is 5.10 Å². The molecule has 1 heterocycles. The first-order chi connectivity index (χ1) is 9.49. The van der Waals surface area contributed by atoms with E-state index in [1.807, 2.05) is 0 Å². The molecule has 0 aliphatic heterocycles. The molecule has 0 radical (unpaired) electrons. The summed E-state index contributed by atoms with van der Waals surface area (Å²) >= 11 is 0. The highest BCUT2D eigenvalue weighted by Crippen LogP contribution is 2.17. The van der Waals surface area contributed by atoms with E-state index < -0.39 is 0 Å². The van der Waals surface area contributed by atoms with Gasteiger partial charge in [0.25, 0.3) is 0 Å². The fourth-order valence-corrected chi connectivity index (χ4v) is 1.68. The van der Waals surface area contributed by atoms with Crippen LogP contribution in [0.25, 0.3) is 11.3 Å². The van der Waals surface area contributed by atoms with E-state index in [0.717, 1.165) is 0 Å². The van der Waals surface area contributed by atoms with Crippen molar-refractivity contribution in [3.63, 3.8) is 0 Å². The van der Waals surface area contributed by atoms with Gasteiger partial charge in [-0.2, -0.15) is 4.68 Å². The molecular formula is C13H14FN5O. The van der Waals surface area contributed by atoms with E-state index in [0.29, 0.717) is 17.1 Å². The Morgan fingerprint density at radius 2 is 1.95 bits per heavy atom. The number of Topliss-reactive ketones (excluding diaryl/α,β-unsaturated/α-hetero) is 1. The molecule has 7 heteroatoms. The van der Waals surface area contributed by atoms with Crippen LogP contribution in [0.15, 0.2) is 30.5 Å². The molecule has 20 heavy (non-hydrogen) atoms. The minimum Gasteiger partial charge on any atom is -0.383 e. The number of allylic oxidation sites excluding steroid dienone is 1. The highest BCUT2D eigenvalue weighted by molar-refractivity contribution is 6.18. The van der Waals surface area contributed by atoms with Gasteiger partial charge in [-0.3, -0.25) is 4.79 Å². The molecule has 0 bridgehead atoms. The second-order valence-corrected chi connectivity index (χ2v) is 4.45. The first-order valence-electron chi connectivity index (χ1n) is 5.93. The Balaban J connectivity index is 2.51. The summed E-state index contributed by atoms with van der Waals surface area (Å²) in [5, 5.41) is 11.3. The quantitative estimate of drug-likeness (QED) is 0.787. The van der Waals surface area contributed by atoms with Gasteiger partial charge in [-0.1, -0.05) is 0 Å². The molecule has 0 amide bonds. The molecule has 0 spiro atoms. The van der Waals surface area contributed by atoms with Crippen molar-refractivity contribution in [2.45, 2.75) is 6.92 Å². The number of ketones is 1. The standard InChI is InChI=1S/C13H14FN5O/c1-9(20)12(8-18(2)3)13-15-16-17-19(13)11-6-4-10(14)5-7-11/h4-8H,1-3H3/b12-8+. The van der Waals surface area contributed by atoms with E-state index >= 15 is 0 Å². The van der Waals surface area contributed by atoms with Gasteiger partial charge in [-0.25, -0.2) is 4.39 Å². The van der Waals surface area contributed by atoms with Gasteiger partial charge < -0.3 is 4.90 Å². The van der Waals surface area contributed by atoms with Crippen LogP contribution in [-0.4, -0.2) is 45.0 Å². The Bertz CT molecular complexity index is 645. The molecule has 1 aromatic carbocycles. The summed E-state index contributed by atoms with van der Waals surface area (Å²) in [5.74, 6) is -0.186. The molecule has 0 aliphatic rings. The van der Waals surface area contributed by atoms with E-state index in [2.05, 4.69) is 15.5 Å². The number of carbonyl (C=O) groups excluding carboxylic acids is 1. The van der Waals surface area contributed by atoms with E-state index in [1.54, 1.807) is 37.3 Å². The van der Waals surface area contributed by atoms with Gasteiger partial charge in [0.1, 0.15) is 5.82 Å². The normalized spacial score (nSPS) is 11.5. The third kappa shape index (κ3) is 2.87. The predicted octanol–water partition coefficient (Wildman–Crippen LogP) is 1.29. The largest absolute Gasteiger partial charge is 0.383 e. The van der Waals surface area contributed by atoms with Crippen LogP contribution in [0.2, 0.25) is 0 Å². The average Bonchev–Trinajstić information content (AvgIpc) is 2.85. The number of hydrogen-bond donors (Lipinski definition) is 0. The monoisotopic (exact) mass is 275 g/mol. The Labute approximate surface area is 115 Å². The van der Waals surface area contributed by atoms with Crippen molar-refractivity contribution in [1.29, 1.82) is 0 Å². The van der Waals surface area contributed by atoms with E-state index in [-0.39, 0.29) is 11.6 Å². The summed E-state index contributed by atoms with van der Waals surface area (Å²) in [7, 11) is 3.60. The molecule has 0 fully saturated rings. The average molecular weight is 275 g/mol. The van der Waals surface area contributed by atoms with Crippen LogP contribution < -0.4 is 0 Å². The first kappa shape index (κ1) is 13.9. The van der Waals surface area contributed by atoms with E-state index in [4.69, 9.17) is 0 Å². The molecule has 0 N–H and O–H groups in total. The zero-order chi connectivity index (χ0) is 14.7. The maximum atomic E-state index is 13.0. The van der Waals surface area contributed by atoms with Crippen molar-refractivity contribution in [2.24, 2.45) is 0 Å². The smallest absolute Gasteiger partial charge is 0.192 e. The second kappa shape index (κ2) is 5.60. The molecule has 0 atom stereocenters. The van der Waals surface area contributed by atoms with E-state index in [1.165, 1.54) is 23.7 Å². The predicted molar refractivity (Wildman–Crippen MR) is 71.5 cm³/mol. The van der Waals surface area contributed by atoms with Gasteiger partial charge in [-0.05, 0) is 41.6 Å². The molecule has 0 saturated carbocycles. The lowest BCUT2D eigenvalue weighted by molar-refractivity contribution is -0.111. The number of hydrogen-bond acceptors (Lipinski definition) is 5.